The molecule has 0 saturated carbocycles. The summed E-state index contributed by atoms with van der Waals surface area (Å²) in [5.74, 6) is -1.92. The highest BCUT2D eigenvalue weighted by Gasteiger charge is 2.40. The fraction of sp³-hybridized carbons (Fsp3) is 0.511. The second-order valence-electron chi connectivity index (χ2n) is 17.0. The quantitative estimate of drug-likeness (QED) is 0.127. The van der Waals surface area contributed by atoms with E-state index < -0.39 is 59.4 Å². The molecule has 16 nitrogen and oxygen atoms in total. The van der Waals surface area contributed by atoms with Crippen molar-refractivity contribution in [2.24, 2.45) is 11.8 Å². The Morgan fingerprint density at radius 3 is 2.44 bits per heavy atom. The monoisotopic (exact) mass is 877 g/mol. The summed E-state index contributed by atoms with van der Waals surface area (Å²) in [6.07, 6.45) is 4.66. The predicted molar refractivity (Wildman–Crippen MR) is 226 cm³/mol. The van der Waals surface area contributed by atoms with Crippen LogP contribution in [0.5, 0.6) is 0 Å². The third-order valence-electron chi connectivity index (χ3n) is 10.9. The number of imidazole rings is 1. The Bertz CT molecular complexity index is 2090. The Kier molecular flexibility index (Phi) is 15.9. The number of likely N-dealkylation sites (tertiary alicyclic amines) is 1. The van der Waals surface area contributed by atoms with E-state index in [1.807, 2.05) is 34.9 Å². The number of amides is 6. The van der Waals surface area contributed by atoms with Crippen LogP contribution in [0.15, 0.2) is 66.9 Å². The molecular weight excluding hydrogens is 821 g/mol. The largest absolute Gasteiger partial charge is 0.447 e. The zero-order chi connectivity index (χ0) is 45.1. The number of hydrogen-bond donors (Lipinski definition) is 2. The van der Waals surface area contributed by atoms with Gasteiger partial charge in [0.25, 0.3) is 11.8 Å². The number of alkyl carbamates (subject to hydrolysis) is 1. The van der Waals surface area contributed by atoms with E-state index in [1.54, 1.807) is 43.7 Å². The van der Waals surface area contributed by atoms with Crippen molar-refractivity contribution in [3.63, 3.8) is 0 Å². The lowest BCUT2D eigenvalue weighted by molar-refractivity contribution is -0.137. The molecule has 340 valence electrons. The summed E-state index contributed by atoms with van der Waals surface area (Å²) in [7, 11) is 0. The molecule has 6 rings (SSSR count). The smallest absolute Gasteiger partial charge is 0.410 e. The molecule has 0 unspecified atom stereocenters. The first-order chi connectivity index (χ1) is 30.1. The number of urea groups is 1. The van der Waals surface area contributed by atoms with Crippen LogP contribution in [0.2, 0.25) is 0 Å². The maximum atomic E-state index is 15.4. The van der Waals surface area contributed by atoms with E-state index in [0.717, 1.165) is 28.7 Å². The Hall–Kier alpha value is -5.88. The van der Waals surface area contributed by atoms with Gasteiger partial charge in [-0.1, -0.05) is 30.3 Å². The number of hydrogen-bond acceptors (Lipinski definition) is 10. The van der Waals surface area contributed by atoms with E-state index in [1.165, 1.54) is 12.2 Å². The van der Waals surface area contributed by atoms with E-state index in [-0.39, 0.29) is 62.5 Å². The summed E-state index contributed by atoms with van der Waals surface area (Å²) in [5.41, 5.74) is 0.427. The van der Waals surface area contributed by atoms with E-state index in [0.29, 0.717) is 57.9 Å². The summed E-state index contributed by atoms with van der Waals surface area (Å²) in [4.78, 5) is 73.4. The van der Waals surface area contributed by atoms with Crippen molar-refractivity contribution < 1.29 is 51.7 Å². The molecule has 0 bridgehead atoms. The molecule has 0 aliphatic carbocycles. The number of benzene rings is 2. The molecule has 3 aliphatic heterocycles. The average Bonchev–Trinajstić information content (AvgIpc) is 3.98. The van der Waals surface area contributed by atoms with Crippen molar-refractivity contribution in [2.75, 3.05) is 65.8 Å². The number of carbonyl (C=O) groups is 5. The molecule has 2 aromatic carbocycles. The number of imide groups is 1. The fourth-order valence-electron chi connectivity index (χ4n) is 7.83. The summed E-state index contributed by atoms with van der Waals surface area (Å²) in [5, 5.41) is 5.60. The molecule has 6 amide bonds. The van der Waals surface area contributed by atoms with Gasteiger partial charge in [0.1, 0.15) is 29.7 Å². The highest BCUT2D eigenvalue weighted by atomic mass is 19.1. The van der Waals surface area contributed by atoms with Crippen molar-refractivity contribution in [1.82, 2.24) is 34.9 Å². The lowest BCUT2D eigenvalue weighted by Gasteiger charge is -2.40. The summed E-state index contributed by atoms with van der Waals surface area (Å²) < 4.78 is 54.2. The van der Waals surface area contributed by atoms with E-state index in [9.17, 15) is 28.4 Å². The van der Waals surface area contributed by atoms with Crippen molar-refractivity contribution in [3.05, 3.63) is 89.9 Å². The van der Waals surface area contributed by atoms with Gasteiger partial charge in [-0.15, -0.1) is 0 Å². The molecule has 3 atom stereocenters. The molecule has 1 aromatic heterocycles. The van der Waals surface area contributed by atoms with Crippen LogP contribution in [0.4, 0.5) is 23.2 Å². The van der Waals surface area contributed by atoms with Crippen LogP contribution in [0.3, 0.4) is 0 Å². The molecule has 18 heteroatoms. The highest BCUT2D eigenvalue weighted by molar-refractivity contribution is 6.12. The van der Waals surface area contributed by atoms with Crippen LogP contribution in [-0.2, 0) is 35.1 Å². The van der Waals surface area contributed by atoms with E-state index in [4.69, 9.17) is 23.9 Å². The first-order valence-corrected chi connectivity index (χ1v) is 21.4. The number of ether oxygens (including phenoxy) is 4. The van der Waals surface area contributed by atoms with Gasteiger partial charge >= 0.3 is 18.2 Å². The van der Waals surface area contributed by atoms with Crippen molar-refractivity contribution in [3.8, 4) is 11.3 Å². The average molecular weight is 878 g/mol. The van der Waals surface area contributed by atoms with E-state index >= 15 is 4.39 Å². The van der Waals surface area contributed by atoms with Crippen molar-refractivity contribution in [2.45, 2.75) is 71.2 Å². The summed E-state index contributed by atoms with van der Waals surface area (Å²) in [6.45, 7) is 9.51. The van der Waals surface area contributed by atoms with Gasteiger partial charge in [0.05, 0.1) is 37.5 Å². The van der Waals surface area contributed by atoms with Gasteiger partial charge in [0.2, 0.25) is 0 Å². The van der Waals surface area contributed by atoms with Gasteiger partial charge in [0.15, 0.2) is 0 Å². The second-order valence-corrected chi connectivity index (χ2v) is 17.0. The third-order valence-corrected chi connectivity index (χ3v) is 10.9. The molecule has 2 fully saturated rings. The standard InChI is InChI=1S/C45H57F2N7O9/c1-30(29-62-43(58)48-17-22-61-23-19-53-38(55)12-13-39(53)56)49-42(57)54(27-32-14-18-51(26-32)44(59)63-45(2,3)4)40(33-15-20-60-21-16-33)41-50-37(35-24-34(46)10-11-36(35)47)28-52(41)25-31-8-6-5-7-9-31/h5-13,24,28,30,32-33,40H,14-23,25-27,29H2,1-4H3,(H,48,58)(H,49,57)/t30-,32-,40+/m0/s1. The Balaban J connectivity index is 1.22. The van der Waals surface area contributed by atoms with Gasteiger partial charge in [-0.05, 0) is 82.6 Å². The van der Waals surface area contributed by atoms with Crippen LogP contribution in [0.1, 0.15) is 64.4 Å². The Labute approximate surface area is 365 Å². The minimum absolute atomic E-state index is 0.0168. The van der Waals surface area contributed by atoms with Gasteiger partial charge in [0, 0.05) is 69.8 Å². The molecule has 3 aromatic rings. The zero-order valence-electron chi connectivity index (χ0n) is 36.2. The number of nitrogens with zero attached hydrogens (tertiary/aromatic N) is 5. The van der Waals surface area contributed by atoms with E-state index in [2.05, 4.69) is 10.6 Å². The summed E-state index contributed by atoms with van der Waals surface area (Å²) >= 11 is 0. The Morgan fingerprint density at radius 1 is 1.00 bits per heavy atom. The minimum Gasteiger partial charge on any atom is -0.447 e. The predicted octanol–water partition coefficient (Wildman–Crippen LogP) is 5.67. The van der Waals surface area contributed by atoms with Gasteiger partial charge in [-0.3, -0.25) is 14.5 Å². The van der Waals surface area contributed by atoms with Gasteiger partial charge < -0.3 is 43.9 Å². The molecule has 0 radical (unpaired) electrons. The molecule has 3 aliphatic rings. The molecular formula is C45H57F2N7O9. The van der Waals surface area contributed by atoms with Crippen LogP contribution in [0.25, 0.3) is 11.3 Å². The topological polar surface area (TPSA) is 174 Å². The van der Waals surface area contributed by atoms with Gasteiger partial charge in [-0.25, -0.2) is 28.1 Å². The molecule has 4 heterocycles. The molecule has 63 heavy (non-hydrogen) atoms. The number of aromatic nitrogens is 2. The SMILES string of the molecule is C[C@@H](COC(=O)NCCOCCN1C(=O)C=CC1=O)NC(=O)N(C[C@H]1CCN(C(=O)OC(C)(C)C)C1)[C@@H](c1nc(-c2cc(F)ccc2F)cn1Cc1ccccc1)C1CCOCC1. The Morgan fingerprint density at radius 2 is 1.73 bits per heavy atom. The second kappa shape index (κ2) is 21.5. The first-order valence-electron chi connectivity index (χ1n) is 21.4. The number of rotatable bonds is 17. The zero-order valence-corrected chi connectivity index (χ0v) is 36.2. The number of nitrogens with one attached hydrogen (secondary N) is 2. The van der Waals surface area contributed by atoms with Crippen LogP contribution in [0, 0.1) is 23.5 Å². The fourth-order valence-corrected chi connectivity index (χ4v) is 7.83. The van der Waals surface area contributed by atoms with Crippen LogP contribution in [-0.4, -0.2) is 132 Å². The minimum atomic E-state index is -0.737. The number of halogens is 2. The van der Waals surface area contributed by atoms with Crippen molar-refractivity contribution >= 4 is 30.0 Å². The van der Waals surface area contributed by atoms with Crippen LogP contribution >= 0.6 is 0 Å². The number of carbonyl (C=O) groups excluding carboxylic acids is 5. The third kappa shape index (κ3) is 13.1. The molecule has 2 N–H and O–H groups in total. The van der Waals surface area contributed by atoms with Crippen molar-refractivity contribution in [1.29, 1.82) is 0 Å². The maximum Gasteiger partial charge on any atom is 0.410 e. The lowest BCUT2D eigenvalue weighted by Crippen LogP contribution is -2.51. The first kappa shape index (κ1) is 46.6. The molecule has 0 spiro atoms. The molecule has 2 saturated heterocycles. The highest BCUT2D eigenvalue weighted by Crippen LogP contribution is 2.38. The summed E-state index contributed by atoms with van der Waals surface area (Å²) in [6, 6.07) is 11.0. The lowest BCUT2D eigenvalue weighted by atomic mass is 9.89. The maximum absolute atomic E-state index is 15.4. The van der Waals surface area contributed by atoms with Gasteiger partial charge in [-0.2, -0.15) is 0 Å². The van der Waals surface area contributed by atoms with Crippen LogP contribution < -0.4 is 10.6 Å². The normalized spacial score (nSPS) is 17.8.